The predicted octanol–water partition coefficient (Wildman–Crippen LogP) is 4.48. The average Bonchev–Trinajstić information content (AvgIpc) is 2.32. The maximum Gasteiger partial charge on any atom is 0.124 e. The van der Waals surface area contributed by atoms with Crippen LogP contribution >= 0.6 is 15.9 Å². The lowest BCUT2D eigenvalue weighted by Crippen LogP contribution is -2.04. The van der Waals surface area contributed by atoms with E-state index in [1.807, 2.05) is 26.0 Å². The molecule has 0 spiro atoms. The van der Waals surface area contributed by atoms with Gasteiger partial charge in [-0.25, -0.2) is 4.39 Å². The SMILES string of the molecule is Cc1ccc(C(O)Cc2ccc(F)cc2Br)c(C)c1. The molecule has 19 heavy (non-hydrogen) atoms. The zero-order valence-corrected chi connectivity index (χ0v) is 12.5. The third kappa shape index (κ3) is 3.43. The summed E-state index contributed by atoms with van der Waals surface area (Å²) in [6, 6.07) is 10.5. The number of aliphatic hydroxyl groups is 1. The molecule has 2 aromatic rings. The smallest absolute Gasteiger partial charge is 0.124 e. The second kappa shape index (κ2) is 5.85. The van der Waals surface area contributed by atoms with Crippen LogP contribution in [0.4, 0.5) is 4.39 Å². The van der Waals surface area contributed by atoms with Crippen molar-refractivity contribution >= 4 is 15.9 Å². The van der Waals surface area contributed by atoms with Gasteiger partial charge in [0.25, 0.3) is 0 Å². The van der Waals surface area contributed by atoms with Crippen molar-refractivity contribution in [2.45, 2.75) is 26.4 Å². The third-order valence-electron chi connectivity index (χ3n) is 3.21. The Hall–Kier alpha value is -1.19. The molecule has 0 radical (unpaired) electrons. The average molecular weight is 323 g/mol. The van der Waals surface area contributed by atoms with Crippen LogP contribution in [0, 0.1) is 19.7 Å². The number of hydrogen-bond donors (Lipinski definition) is 1. The van der Waals surface area contributed by atoms with Crippen molar-refractivity contribution in [1.82, 2.24) is 0 Å². The van der Waals surface area contributed by atoms with E-state index in [9.17, 15) is 9.50 Å². The van der Waals surface area contributed by atoms with E-state index in [0.29, 0.717) is 10.9 Å². The minimum absolute atomic E-state index is 0.281. The van der Waals surface area contributed by atoms with Gasteiger partial charge < -0.3 is 5.11 Å². The van der Waals surface area contributed by atoms with E-state index in [1.165, 1.54) is 17.7 Å². The van der Waals surface area contributed by atoms with Crippen molar-refractivity contribution in [3.8, 4) is 0 Å². The lowest BCUT2D eigenvalue weighted by molar-refractivity contribution is 0.177. The molecule has 0 fully saturated rings. The number of aryl methyl sites for hydroxylation is 2. The zero-order chi connectivity index (χ0) is 14.0. The van der Waals surface area contributed by atoms with Crippen LogP contribution < -0.4 is 0 Å². The normalized spacial score (nSPS) is 12.5. The van der Waals surface area contributed by atoms with E-state index in [4.69, 9.17) is 0 Å². The van der Waals surface area contributed by atoms with Gasteiger partial charge in [-0.1, -0.05) is 45.8 Å². The van der Waals surface area contributed by atoms with E-state index in [0.717, 1.165) is 16.7 Å². The second-order valence-electron chi connectivity index (χ2n) is 4.82. The first kappa shape index (κ1) is 14.2. The number of benzene rings is 2. The Balaban J connectivity index is 2.23. The summed E-state index contributed by atoms with van der Waals surface area (Å²) in [5.41, 5.74) is 4.07. The first-order valence-electron chi connectivity index (χ1n) is 6.16. The lowest BCUT2D eigenvalue weighted by Gasteiger charge is -2.15. The predicted molar refractivity (Wildman–Crippen MR) is 78.7 cm³/mol. The lowest BCUT2D eigenvalue weighted by atomic mass is 9.96. The molecule has 1 atom stereocenters. The molecule has 3 heteroatoms. The van der Waals surface area contributed by atoms with Gasteiger partial charge in [0.05, 0.1) is 6.10 Å². The summed E-state index contributed by atoms with van der Waals surface area (Å²) in [5, 5.41) is 10.3. The summed E-state index contributed by atoms with van der Waals surface area (Å²) >= 11 is 3.33. The van der Waals surface area contributed by atoms with Crippen molar-refractivity contribution in [2.75, 3.05) is 0 Å². The number of hydrogen-bond acceptors (Lipinski definition) is 1. The van der Waals surface area contributed by atoms with Gasteiger partial charge in [-0.3, -0.25) is 0 Å². The van der Waals surface area contributed by atoms with Crippen LogP contribution in [0.25, 0.3) is 0 Å². The summed E-state index contributed by atoms with van der Waals surface area (Å²) in [4.78, 5) is 0. The second-order valence-corrected chi connectivity index (χ2v) is 5.67. The van der Waals surface area contributed by atoms with Gasteiger partial charge in [0.2, 0.25) is 0 Å². The summed E-state index contributed by atoms with van der Waals surface area (Å²) in [6.07, 6.45) is -0.118. The van der Waals surface area contributed by atoms with Gasteiger partial charge in [-0.05, 0) is 42.7 Å². The fourth-order valence-electron chi connectivity index (χ4n) is 2.20. The molecule has 0 aromatic heterocycles. The largest absolute Gasteiger partial charge is 0.388 e. The molecule has 0 bridgehead atoms. The van der Waals surface area contributed by atoms with E-state index in [1.54, 1.807) is 6.07 Å². The minimum atomic E-state index is -0.581. The van der Waals surface area contributed by atoms with Gasteiger partial charge in [-0.2, -0.15) is 0 Å². The molecule has 0 heterocycles. The van der Waals surface area contributed by atoms with Crippen molar-refractivity contribution in [2.24, 2.45) is 0 Å². The fraction of sp³-hybridized carbons (Fsp3) is 0.250. The molecule has 2 rings (SSSR count). The molecule has 2 aromatic carbocycles. The van der Waals surface area contributed by atoms with Crippen LogP contribution in [0.5, 0.6) is 0 Å². The third-order valence-corrected chi connectivity index (χ3v) is 3.95. The topological polar surface area (TPSA) is 20.2 Å². The molecule has 1 unspecified atom stereocenters. The standard InChI is InChI=1S/C16H16BrFO/c1-10-3-6-14(11(2)7-10)16(19)8-12-4-5-13(18)9-15(12)17/h3-7,9,16,19H,8H2,1-2H3. The van der Waals surface area contributed by atoms with Crippen LogP contribution in [-0.2, 0) is 6.42 Å². The van der Waals surface area contributed by atoms with Gasteiger partial charge in [0.1, 0.15) is 5.82 Å². The van der Waals surface area contributed by atoms with Crippen LogP contribution in [0.3, 0.4) is 0 Å². The Bertz CT molecular complexity index is 595. The maximum atomic E-state index is 13.0. The molecular weight excluding hydrogens is 307 g/mol. The molecule has 0 saturated heterocycles. The highest BCUT2D eigenvalue weighted by Gasteiger charge is 2.13. The Morgan fingerprint density at radius 1 is 1.16 bits per heavy atom. The highest BCUT2D eigenvalue weighted by Crippen LogP contribution is 2.26. The van der Waals surface area contributed by atoms with Crippen LogP contribution in [0.1, 0.15) is 28.4 Å². The first-order valence-corrected chi connectivity index (χ1v) is 6.96. The van der Waals surface area contributed by atoms with Crippen LogP contribution in [0.15, 0.2) is 40.9 Å². The van der Waals surface area contributed by atoms with Crippen molar-refractivity contribution in [3.63, 3.8) is 0 Å². The monoisotopic (exact) mass is 322 g/mol. The van der Waals surface area contributed by atoms with Crippen LogP contribution in [0.2, 0.25) is 0 Å². The van der Waals surface area contributed by atoms with Crippen molar-refractivity contribution in [3.05, 3.63) is 68.9 Å². The summed E-state index contributed by atoms with van der Waals surface area (Å²) in [6.45, 7) is 4.02. The van der Waals surface area contributed by atoms with Crippen molar-refractivity contribution in [1.29, 1.82) is 0 Å². The fourth-order valence-corrected chi connectivity index (χ4v) is 2.72. The molecule has 100 valence electrons. The summed E-state index contributed by atoms with van der Waals surface area (Å²) in [5.74, 6) is -0.281. The Morgan fingerprint density at radius 3 is 2.53 bits per heavy atom. The molecule has 1 N–H and O–H groups in total. The van der Waals surface area contributed by atoms with E-state index in [2.05, 4.69) is 22.0 Å². The highest BCUT2D eigenvalue weighted by atomic mass is 79.9. The van der Waals surface area contributed by atoms with E-state index < -0.39 is 6.10 Å². The number of rotatable bonds is 3. The molecule has 0 aliphatic rings. The van der Waals surface area contributed by atoms with Gasteiger partial charge in [0.15, 0.2) is 0 Å². The van der Waals surface area contributed by atoms with E-state index >= 15 is 0 Å². The number of halogens is 2. The first-order chi connectivity index (χ1) is 8.97. The summed E-state index contributed by atoms with van der Waals surface area (Å²) < 4.78 is 13.7. The highest BCUT2D eigenvalue weighted by molar-refractivity contribution is 9.10. The summed E-state index contributed by atoms with van der Waals surface area (Å²) in [7, 11) is 0. The van der Waals surface area contributed by atoms with Gasteiger partial charge in [0, 0.05) is 10.9 Å². The maximum absolute atomic E-state index is 13.0. The van der Waals surface area contributed by atoms with E-state index in [-0.39, 0.29) is 5.82 Å². The zero-order valence-electron chi connectivity index (χ0n) is 11.0. The van der Waals surface area contributed by atoms with Gasteiger partial charge >= 0.3 is 0 Å². The molecule has 0 aliphatic carbocycles. The van der Waals surface area contributed by atoms with Crippen molar-refractivity contribution < 1.29 is 9.50 Å². The Labute approximate surface area is 121 Å². The molecule has 0 saturated carbocycles. The molecule has 0 amide bonds. The minimum Gasteiger partial charge on any atom is -0.388 e. The molecular formula is C16H16BrFO. The Kier molecular flexibility index (Phi) is 4.38. The van der Waals surface area contributed by atoms with Crippen LogP contribution in [-0.4, -0.2) is 5.11 Å². The Morgan fingerprint density at radius 2 is 1.89 bits per heavy atom. The van der Waals surface area contributed by atoms with Gasteiger partial charge in [-0.15, -0.1) is 0 Å². The quantitative estimate of drug-likeness (QED) is 0.883. The number of aliphatic hydroxyl groups excluding tert-OH is 1. The molecule has 1 nitrogen and oxygen atoms in total. The molecule has 0 aliphatic heterocycles.